The zero-order chi connectivity index (χ0) is 13.1. The average molecular weight is 251 g/mol. The Morgan fingerprint density at radius 3 is 2.67 bits per heavy atom. The van der Waals surface area contributed by atoms with E-state index in [9.17, 15) is 4.79 Å². The van der Waals surface area contributed by atoms with Crippen LogP contribution in [-0.4, -0.2) is 35.1 Å². The van der Waals surface area contributed by atoms with Crippen LogP contribution in [0.1, 0.15) is 36.8 Å². The third-order valence-corrected chi connectivity index (χ3v) is 3.55. The van der Waals surface area contributed by atoms with Gasteiger partial charge >= 0.3 is 0 Å². The number of hydrogen-bond acceptors (Lipinski definition) is 4. The summed E-state index contributed by atoms with van der Waals surface area (Å²) < 4.78 is 5.10. The van der Waals surface area contributed by atoms with E-state index in [2.05, 4.69) is 10.5 Å². The molecule has 2 rings (SSSR count). The Labute approximate surface area is 108 Å². The first-order valence-corrected chi connectivity index (χ1v) is 6.53. The van der Waals surface area contributed by atoms with Gasteiger partial charge in [-0.2, -0.15) is 0 Å². The Morgan fingerprint density at radius 1 is 1.44 bits per heavy atom. The van der Waals surface area contributed by atoms with E-state index in [0.717, 1.165) is 42.9 Å². The maximum absolute atomic E-state index is 12.1. The molecule has 0 radical (unpaired) electrons. The van der Waals surface area contributed by atoms with E-state index in [4.69, 9.17) is 4.52 Å². The van der Waals surface area contributed by atoms with Crippen LogP contribution in [0.4, 0.5) is 0 Å². The van der Waals surface area contributed by atoms with Crippen LogP contribution in [0.2, 0.25) is 0 Å². The molecule has 0 saturated carbocycles. The van der Waals surface area contributed by atoms with Crippen LogP contribution >= 0.6 is 0 Å². The number of nitrogens with zero attached hydrogens (tertiary/aromatic N) is 2. The minimum absolute atomic E-state index is 0.156. The number of hydrogen-bond donors (Lipinski definition) is 1. The summed E-state index contributed by atoms with van der Waals surface area (Å²) in [5, 5.41) is 7.16. The van der Waals surface area contributed by atoms with Gasteiger partial charge in [-0.25, -0.2) is 0 Å². The average Bonchev–Trinajstić information content (AvgIpc) is 2.97. The lowest BCUT2D eigenvalue weighted by Crippen LogP contribution is -2.43. The van der Waals surface area contributed by atoms with Gasteiger partial charge in [-0.1, -0.05) is 5.16 Å². The molecule has 0 bridgehead atoms. The van der Waals surface area contributed by atoms with Crippen LogP contribution in [-0.2, 0) is 11.3 Å². The van der Waals surface area contributed by atoms with Crippen molar-refractivity contribution in [3.8, 4) is 0 Å². The van der Waals surface area contributed by atoms with E-state index in [0.29, 0.717) is 6.54 Å². The summed E-state index contributed by atoms with van der Waals surface area (Å²) in [4.78, 5) is 14.0. The highest BCUT2D eigenvalue weighted by Crippen LogP contribution is 2.13. The normalized spacial score (nSPS) is 17.2. The van der Waals surface area contributed by atoms with Crippen molar-refractivity contribution in [2.45, 2.75) is 46.2 Å². The molecule has 1 unspecified atom stereocenters. The summed E-state index contributed by atoms with van der Waals surface area (Å²) in [7, 11) is 0. The predicted molar refractivity (Wildman–Crippen MR) is 68.1 cm³/mol. The summed E-state index contributed by atoms with van der Waals surface area (Å²) in [5.74, 6) is 1.01. The number of aromatic nitrogens is 1. The first-order valence-electron chi connectivity index (χ1n) is 6.53. The van der Waals surface area contributed by atoms with Crippen LogP contribution in [0.15, 0.2) is 4.52 Å². The van der Waals surface area contributed by atoms with Crippen LogP contribution in [0.5, 0.6) is 0 Å². The molecular weight excluding hydrogens is 230 g/mol. The molecule has 1 fully saturated rings. The number of aryl methyl sites for hydroxylation is 2. The molecule has 1 aromatic heterocycles. The van der Waals surface area contributed by atoms with E-state index in [-0.39, 0.29) is 11.9 Å². The Hall–Kier alpha value is -1.36. The lowest BCUT2D eigenvalue weighted by Gasteiger charge is -2.21. The number of likely N-dealkylation sites (tertiary alicyclic amines) is 1. The molecule has 0 aliphatic carbocycles. The molecule has 18 heavy (non-hydrogen) atoms. The van der Waals surface area contributed by atoms with Crippen LogP contribution in [0, 0.1) is 13.8 Å². The maximum atomic E-state index is 12.1. The third-order valence-electron chi connectivity index (χ3n) is 3.55. The van der Waals surface area contributed by atoms with Gasteiger partial charge in [0.15, 0.2) is 0 Å². The molecule has 1 aliphatic rings. The quantitative estimate of drug-likeness (QED) is 0.878. The van der Waals surface area contributed by atoms with E-state index < -0.39 is 0 Å². The number of carbonyl (C=O) groups is 1. The van der Waals surface area contributed by atoms with Crippen molar-refractivity contribution in [2.24, 2.45) is 0 Å². The van der Waals surface area contributed by atoms with Gasteiger partial charge in [0.1, 0.15) is 5.76 Å². The smallest absolute Gasteiger partial charge is 0.239 e. The van der Waals surface area contributed by atoms with Gasteiger partial charge in [-0.05, 0) is 33.6 Å². The molecule has 1 saturated heterocycles. The van der Waals surface area contributed by atoms with Gasteiger partial charge in [0.25, 0.3) is 0 Å². The topological polar surface area (TPSA) is 58.4 Å². The van der Waals surface area contributed by atoms with E-state index in [1.54, 1.807) is 0 Å². The molecule has 1 aliphatic heterocycles. The summed E-state index contributed by atoms with van der Waals surface area (Å²) in [5.41, 5.74) is 1.94. The van der Waals surface area contributed by atoms with Crippen molar-refractivity contribution in [2.75, 3.05) is 13.1 Å². The van der Waals surface area contributed by atoms with Gasteiger partial charge in [-0.3, -0.25) is 4.79 Å². The van der Waals surface area contributed by atoms with E-state index >= 15 is 0 Å². The number of amides is 1. The van der Waals surface area contributed by atoms with Crippen molar-refractivity contribution in [3.05, 3.63) is 17.0 Å². The van der Waals surface area contributed by atoms with Crippen molar-refractivity contribution >= 4 is 5.91 Å². The summed E-state index contributed by atoms with van der Waals surface area (Å²) in [6, 6.07) is -0.156. The Balaban J connectivity index is 1.88. The van der Waals surface area contributed by atoms with Crippen LogP contribution in [0.3, 0.4) is 0 Å². The highest BCUT2D eigenvalue weighted by molar-refractivity contribution is 5.81. The molecule has 1 amide bonds. The predicted octanol–water partition coefficient (Wildman–Crippen LogP) is 1.39. The fraction of sp³-hybridized carbons (Fsp3) is 0.692. The largest absolute Gasteiger partial charge is 0.361 e. The number of rotatable bonds is 4. The minimum atomic E-state index is -0.156. The van der Waals surface area contributed by atoms with Crippen molar-refractivity contribution in [3.63, 3.8) is 0 Å². The Kier molecular flexibility index (Phi) is 4.01. The first kappa shape index (κ1) is 13.1. The summed E-state index contributed by atoms with van der Waals surface area (Å²) in [6.45, 7) is 8.15. The monoisotopic (exact) mass is 251 g/mol. The van der Waals surface area contributed by atoms with Gasteiger partial charge in [-0.15, -0.1) is 0 Å². The Bertz CT molecular complexity index is 402. The number of nitrogens with one attached hydrogen (secondary N) is 1. The third kappa shape index (κ3) is 2.72. The molecule has 1 atom stereocenters. The summed E-state index contributed by atoms with van der Waals surface area (Å²) in [6.07, 6.45) is 2.25. The highest BCUT2D eigenvalue weighted by Gasteiger charge is 2.23. The first-order chi connectivity index (χ1) is 8.59. The van der Waals surface area contributed by atoms with Gasteiger partial charge in [0, 0.05) is 25.2 Å². The lowest BCUT2D eigenvalue weighted by atomic mass is 10.2. The molecule has 0 spiro atoms. The fourth-order valence-electron chi connectivity index (χ4n) is 2.31. The fourth-order valence-corrected chi connectivity index (χ4v) is 2.31. The SMILES string of the molecule is Cc1noc(C)c1CNC(C)C(=O)N1CCCC1. The van der Waals surface area contributed by atoms with Crippen molar-refractivity contribution < 1.29 is 9.32 Å². The molecular formula is C13H21N3O2. The van der Waals surface area contributed by atoms with Crippen molar-refractivity contribution in [1.82, 2.24) is 15.4 Å². The molecule has 1 N–H and O–H groups in total. The molecule has 0 aromatic carbocycles. The van der Waals surface area contributed by atoms with Crippen molar-refractivity contribution in [1.29, 1.82) is 0 Å². The second-order valence-corrected chi connectivity index (χ2v) is 4.94. The van der Waals surface area contributed by atoms with Gasteiger partial charge in [0.05, 0.1) is 11.7 Å². The zero-order valence-corrected chi connectivity index (χ0v) is 11.3. The van der Waals surface area contributed by atoms with Crippen LogP contribution in [0.25, 0.3) is 0 Å². The van der Waals surface area contributed by atoms with Gasteiger partial charge in [0.2, 0.25) is 5.91 Å². The summed E-state index contributed by atoms with van der Waals surface area (Å²) >= 11 is 0. The van der Waals surface area contributed by atoms with E-state index in [1.807, 2.05) is 25.7 Å². The van der Waals surface area contributed by atoms with E-state index in [1.165, 1.54) is 0 Å². The second kappa shape index (κ2) is 5.52. The molecule has 5 heteroatoms. The maximum Gasteiger partial charge on any atom is 0.239 e. The number of carbonyl (C=O) groups excluding carboxylic acids is 1. The van der Waals surface area contributed by atoms with Crippen LogP contribution < -0.4 is 5.32 Å². The van der Waals surface area contributed by atoms with Gasteiger partial charge < -0.3 is 14.7 Å². The zero-order valence-electron chi connectivity index (χ0n) is 11.3. The molecule has 100 valence electrons. The Morgan fingerprint density at radius 2 is 2.11 bits per heavy atom. The molecule has 2 heterocycles. The molecule has 5 nitrogen and oxygen atoms in total. The minimum Gasteiger partial charge on any atom is -0.361 e. The standard InChI is InChI=1S/C13H21N3O2/c1-9-12(11(3)18-15-9)8-14-10(2)13(17)16-6-4-5-7-16/h10,14H,4-8H2,1-3H3. The second-order valence-electron chi connectivity index (χ2n) is 4.94. The molecule has 1 aromatic rings. The lowest BCUT2D eigenvalue weighted by molar-refractivity contribution is -0.131. The highest BCUT2D eigenvalue weighted by atomic mass is 16.5.